The van der Waals surface area contributed by atoms with Gasteiger partial charge >= 0.3 is 0 Å². The number of β-amino-alcohol motifs (C(OH)–C–C–N with tert-alkyl or cyclic N) is 1. The van der Waals surface area contributed by atoms with Gasteiger partial charge in [0, 0.05) is 19.1 Å². The fraction of sp³-hybridized carbons (Fsp3) is 1.00. The van der Waals surface area contributed by atoms with Crippen molar-refractivity contribution in [3.8, 4) is 0 Å². The highest BCUT2D eigenvalue weighted by Gasteiger charge is 2.25. The third-order valence-electron chi connectivity index (χ3n) is 4.55. The van der Waals surface area contributed by atoms with Crippen molar-refractivity contribution in [3.05, 3.63) is 0 Å². The summed E-state index contributed by atoms with van der Waals surface area (Å²) >= 11 is 0. The summed E-state index contributed by atoms with van der Waals surface area (Å²) < 4.78 is 0. The molecule has 3 nitrogen and oxygen atoms in total. The van der Waals surface area contributed by atoms with Gasteiger partial charge in [-0.1, -0.05) is 32.1 Å². The quantitative estimate of drug-likeness (QED) is 0.769. The smallest absolute Gasteiger partial charge is 0.0669 e. The topological polar surface area (TPSA) is 49.5 Å². The normalized spacial score (nSPS) is 29.6. The highest BCUT2D eigenvalue weighted by Crippen LogP contribution is 2.29. The first-order valence-electron chi connectivity index (χ1n) is 7.41. The summed E-state index contributed by atoms with van der Waals surface area (Å²) in [5.74, 6) is 0.783. The first-order valence-corrected chi connectivity index (χ1v) is 7.41. The van der Waals surface area contributed by atoms with E-state index in [1.54, 1.807) is 0 Å². The van der Waals surface area contributed by atoms with Gasteiger partial charge in [-0.2, -0.15) is 0 Å². The molecule has 1 saturated heterocycles. The zero-order chi connectivity index (χ0) is 12.1. The minimum Gasteiger partial charge on any atom is -0.392 e. The van der Waals surface area contributed by atoms with Gasteiger partial charge in [0.25, 0.3) is 0 Å². The van der Waals surface area contributed by atoms with Gasteiger partial charge in [0.15, 0.2) is 0 Å². The monoisotopic (exact) mass is 240 g/mol. The molecule has 2 atom stereocenters. The predicted molar refractivity (Wildman–Crippen MR) is 70.8 cm³/mol. The van der Waals surface area contributed by atoms with Crippen LogP contribution in [0.3, 0.4) is 0 Å². The zero-order valence-corrected chi connectivity index (χ0v) is 11.0. The van der Waals surface area contributed by atoms with Crippen LogP contribution in [-0.4, -0.2) is 41.8 Å². The Balaban J connectivity index is 1.73. The molecule has 1 heterocycles. The Hall–Kier alpha value is -0.120. The molecule has 2 aliphatic rings. The molecule has 0 amide bonds. The van der Waals surface area contributed by atoms with Crippen molar-refractivity contribution in [3.63, 3.8) is 0 Å². The minimum atomic E-state index is -0.134. The largest absolute Gasteiger partial charge is 0.392 e. The van der Waals surface area contributed by atoms with Gasteiger partial charge in [-0.3, -0.25) is 4.90 Å². The van der Waals surface area contributed by atoms with E-state index in [4.69, 9.17) is 5.73 Å². The Morgan fingerprint density at radius 3 is 2.53 bits per heavy atom. The number of nitrogens with two attached hydrogens (primary N) is 1. The van der Waals surface area contributed by atoms with Gasteiger partial charge in [0.2, 0.25) is 0 Å². The van der Waals surface area contributed by atoms with Crippen LogP contribution in [0.1, 0.15) is 51.4 Å². The number of rotatable bonds is 5. The first-order chi connectivity index (χ1) is 8.29. The Labute approximate surface area is 105 Å². The molecule has 1 saturated carbocycles. The first kappa shape index (κ1) is 13.3. The molecule has 3 heteroatoms. The molecule has 1 aliphatic carbocycles. The molecular weight excluding hydrogens is 212 g/mol. The molecule has 2 rings (SSSR count). The average molecular weight is 240 g/mol. The molecule has 2 unspecified atom stereocenters. The number of aliphatic hydroxyl groups excluding tert-OH is 1. The lowest BCUT2D eigenvalue weighted by atomic mass is 9.97. The van der Waals surface area contributed by atoms with Gasteiger partial charge < -0.3 is 10.8 Å². The zero-order valence-electron chi connectivity index (χ0n) is 11.0. The highest BCUT2D eigenvalue weighted by atomic mass is 16.3. The Morgan fingerprint density at radius 2 is 1.82 bits per heavy atom. The summed E-state index contributed by atoms with van der Waals surface area (Å²) in [6.45, 7) is 2.72. The van der Waals surface area contributed by atoms with Gasteiger partial charge in [0.1, 0.15) is 0 Å². The van der Waals surface area contributed by atoms with Crippen molar-refractivity contribution < 1.29 is 5.11 Å². The van der Waals surface area contributed by atoms with E-state index in [9.17, 15) is 5.11 Å². The van der Waals surface area contributed by atoms with E-state index >= 15 is 0 Å². The molecular formula is C14H28N2O. The summed E-state index contributed by atoms with van der Waals surface area (Å²) in [6.07, 6.45) is 10.1. The Morgan fingerprint density at radius 1 is 1.12 bits per heavy atom. The molecule has 0 aromatic rings. The van der Waals surface area contributed by atoms with E-state index in [0.717, 1.165) is 32.0 Å². The lowest BCUT2D eigenvalue weighted by Gasteiger charge is -2.36. The maximum Gasteiger partial charge on any atom is 0.0669 e. The highest BCUT2D eigenvalue weighted by molar-refractivity contribution is 4.81. The molecule has 100 valence electrons. The molecule has 17 heavy (non-hydrogen) atoms. The van der Waals surface area contributed by atoms with Crippen LogP contribution in [0, 0.1) is 5.92 Å². The number of aliphatic hydroxyl groups is 1. The summed E-state index contributed by atoms with van der Waals surface area (Å²) in [7, 11) is 0. The molecule has 3 N–H and O–H groups in total. The SMILES string of the molecule is NCC1CCCCN1CC(O)CC1CCCC1. The summed E-state index contributed by atoms with van der Waals surface area (Å²) in [5, 5.41) is 10.2. The second kappa shape index (κ2) is 6.72. The van der Waals surface area contributed by atoms with Crippen LogP contribution >= 0.6 is 0 Å². The molecule has 0 spiro atoms. The number of hydrogen-bond acceptors (Lipinski definition) is 3. The van der Waals surface area contributed by atoms with Crippen molar-refractivity contribution in [2.45, 2.75) is 63.5 Å². The third-order valence-corrected chi connectivity index (χ3v) is 4.55. The minimum absolute atomic E-state index is 0.134. The van der Waals surface area contributed by atoms with Crippen molar-refractivity contribution in [1.82, 2.24) is 4.90 Å². The van der Waals surface area contributed by atoms with Crippen LogP contribution in [0.4, 0.5) is 0 Å². The van der Waals surface area contributed by atoms with Crippen molar-refractivity contribution in [2.24, 2.45) is 11.7 Å². The second-order valence-electron chi connectivity index (χ2n) is 5.92. The summed E-state index contributed by atoms with van der Waals surface area (Å²) in [5.41, 5.74) is 5.81. The standard InChI is InChI=1S/C14H28N2O/c15-10-13-7-3-4-8-16(13)11-14(17)9-12-5-1-2-6-12/h12-14,17H,1-11,15H2. The van der Waals surface area contributed by atoms with Crippen LogP contribution in [0.2, 0.25) is 0 Å². The fourth-order valence-electron chi connectivity index (χ4n) is 3.54. The Kier molecular flexibility index (Phi) is 5.26. The third kappa shape index (κ3) is 3.94. The van der Waals surface area contributed by atoms with Gasteiger partial charge in [-0.15, -0.1) is 0 Å². The molecule has 0 radical (unpaired) electrons. The van der Waals surface area contributed by atoms with Gasteiger partial charge in [0.05, 0.1) is 6.10 Å². The molecule has 2 fully saturated rings. The van der Waals surface area contributed by atoms with Gasteiger partial charge in [-0.05, 0) is 31.7 Å². The predicted octanol–water partition coefficient (Wildman–Crippen LogP) is 1.74. The van der Waals surface area contributed by atoms with Crippen molar-refractivity contribution in [1.29, 1.82) is 0 Å². The van der Waals surface area contributed by atoms with Crippen LogP contribution in [-0.2, 0) is 0 Å². The number of nitrogens with zero attached hydrogens (tertiary/aromatic N) is 1. The number of piperidine rings is 1. The van der Waals surface area contributed by atoms with E-state index < -0.39 is 0 Å². The second-order valence-corrected chi connectivity index (χ2v) is 5.92. The Bertz CT molecular complexity index is 216. The number of likely N-dealkylation sites (tertiary alicyclic amines) is 1. The molecule has 0 bridgehead atoms. The molecule has 1 aliphatic heterocycles. The lowest BCUT2D eigenvalue weighted by Crippen LogP contribution is -2.47. The maximum absolute atomic E-state index is 10.2. The van der Waals surface area contributed by atoms with Crippen molar-refractivity contribution >= 4 is 0 Å². The summed E-state index contributed by atoms with van der Waals surface area (Å²) in [4.78, 5) is 2.42. The maximum atomic E-state index is 10.2. The average Bonchev–Trinajstić information content (AvgIpc) is 2.82. The van der Waals surface area contributed by atoms with E-state index in [1.165, 1.54) is 44.9 Å². The van der Waals surface area contributed by atoms with Crippen LogP contribution in [0.15, 0.2) is 0 Å². The van der Waals surface area contributed by atoms with Crippen LogP contribution in [0.25, 0.3) is 0 Å². The van der Waals surface area contributed by atoms with E-state index in [1.807, 2.05) is 0 Å². The van der Waals surface area contributed by atoms with E-state index in [2.05, 4.69) is 4.90 Å². The number of hydrogen-bond donors (Lipinski definition) is 2. The van der Waals surface area contributed by atoms with E-state index in [0.29, 0.717) is 6.04 Å². The lowest BCUT2D eigenvalue weighted by molar-refractivity contribution is 0.0566. The van der Waals surface area contributed by atoms with Gasteiger partial charge in [-0.25, -0.2) is 0 Å². The fourth-order valence-corrected chi connectivity index (χ4v) is 3.54. The van der Waals surface area contributed by atoms with E-state index in [-0.39, 0.29) is 6.10 Å². The molecule has 0 aromatic carbocycles. The summed E-state index contributed by atoms with van der Waals surface area (Å²) in [6, 6.07) is 0.516. The van der Waals surface area contributed by atoms with Crippen molar-refractivity contribution in [2.75, 3.05) is 19.6 Å². The van der Waals surface area contributed by atoms with Crippen LogP contribution < -0.4 is 5.73 Å². The molecule has 0 aromatic heterocycles. The van der Waals surface area contributed by atoms with Crippen LogP contribution in [0.5, 0.6) is 0 Å².